The number of esters is 2. The van der Waals surface area contributed by atoms with Crippen molar-refractivity contribution in [3.05, 3.63) is 0 Å². The average Bonchev–Trinajstić information content (AvgIpc) is 2.39. The lowest BCUT2D eigenvalue weighted by molar-refractivity contribution is -0.160. The summed E-state index contributed by atoms with van der Waals surface area (Å²) in [4.78, 5) is 23.7. The molecule has 0 aromatic heterocycles. The zero-order valence-corrected chi connectivity index (χ0v) is 14.2. The highest BCUT2D eigenvalue weighted by Gasteiger charge is 2.34. The van der Waals surface area contributed by atoms with E-state index >= 15 is 0 Å². The van der Waals surface area contributed by atoms with Crippen LogP contribution in [0.2, 0.25) is 0 Å². The molecule has 126 valence electrons. The zero-order chi connectivity index (χ0) is 16.2. The van der Waals surface area contributed by atoms with Gasteiger partial charge in [0.15, 0.2) is 0 Å². The van der Waals surface area contributed by atoms with Crippen LogP contribution < -0.4 is 0 Å². The van der Waals surface area contributed by atoms with E-state index in [1.165, 1.54) is 12.8 Å². The van der Waals surface area contributed by atoms with Gasteiger partial charge in [-0.1, -0.05) is 33.6 Å². The van der Waals surface area contributed by atoms with E-state index in [2.05, 4.69) is 13.8 Å². The van der Waals surface area contributed by atoms with E-state index in [9.17, 15) is 9.59 Å². The molecule has 2 fully saturated rings. The Labute approximate surface area is 133 Å². The third kappa shape index (κ3) is 4.72. The first-order chi connectivity index (χ1) is 10.4. The second-order valence-corrected chi connectivity index (χ2v) is 7.77. The predicted molar refractivity (Wildman–Crippen MR) is 84.2 cm³/mol. The molecule has 1 unspecified atom stereocenters. The third-order valence-corrected chi connectivity index (χ3v) is 5.33. The highest BCUT2D eigenvalue weighted by atomic mass is 16.6. The maximum Gasteiger partial charge on any atom is 0.309 e. The van der Waals surface area contributed by atoms with Crippen molar-refractivity contribution in [2.45, 2.75) is 65.7 Å². The summed E-state index contributed by atoms with van der Waals surface area (Å²) in [7, 11) is 0. The maximum absolute atomic E-state index is 12.1. The largest absolute Gasteiger partial charge is 0.462 e. The Morgan fingerprint density at radius 3 is 2.36 bits per heavy atom. The summed E-state index contributed by atoms with van der Waals surface area (Å²) in [5, 5.41) is 0. The van der Waals surface area contributed by atoms with Crippen LogP contribution in [0, 0.1) is 23.2 Å². The standard InChI is InChI=1S/C18H30O4/c1-13(15-8-5-9-18(2,3)12-15)16(19)21-10-11-22-17(20)14-6-4-7-14/h13-15H,4-12H2,1-3H3/t13-,15?/m1/s1. The quantitative estimate of drug-likeness (QED) is 0.554. The van der Waals surface area contributed by atoms with E-state index in [4.69, 9.17) is 9.47 Å². The molecule has 0 spiro atoms. The Bertz CT molecular complexity index is 398. The summed E-state index contributed by atoms with van der Waals surface area (Å²) in [6.45, 7) is 6.88. The summed E-state index contributed by atoms with van der Waals surface area (Å²) >= 11 is 0. The van der Waals surface area contributed by atoms with Gasteiger partial charge in [-0.2, -0.15) is 0 Å². The number of ether oxygens (including phenoxy) is 2. The van der Waals surface area contributed by atoms with E-state index in [0.29, 0.717) is 11.3 Å². The van der Waals surface area contributed by atoms with Gasteiger partial charge in [0.2, 0.25) is 0 Å². The minimum Gasteiger partial charge on any atom is -0.462 e. The summed E-state index contributed by atoms with van der Waals surface area (Å²) in [5.74, 6) is 0.140. The van der Waals surface area contributed by atoms with Crippen molar-refractivity contribution >= 4 is 11.9 Å². The molecule has 0 aromatic carbocycles. The number of carbonyl (C=O) groups is 2. The first kappa shape index (κ1) is 17.3. The molecular weight excluding hydrogens is 280 g/mol. The first-order valence-electron chi connectivity index (χ1n) is 8.72. The summed E-state index contributed by atoms with van der Waals surface area (Å²) < 4.78 is 10.4. The van der Waals surface area contributed by atoms with Crippen molar-refractivity contribution in [1.82, 2.24) is 0 Å². The molecule has 0 radical (unpaired) electrons. The van der Waals surface area contributed by atoms with Crippen LogP contribution >= 0.6 is 0 Å². The van der Waals surface area contributed by atoms with Gasteiger partial charge in [-0.15, -0.1) is 0 Å². The molecule has 2 rings (SSSR count). The van der Waals surface area contributed by atoms with Crippen LogP contribution in [0.15, 0.2) is 0 Å². The molecule has 0 N–H and O–H groups in total. The first-order valence-corrected chi connectivity index (χ1v) is 8.72. The van der Waals surface area contributed by atoms with Gasteiger partial charge in [0.1, 0.15) is 13.2 Å². The molecule has 22 heavy (non-hydrogen) atoms. The minimum atomic E-state index is -0.151. The topological polar surface area (TPSA) is 52.6 Å². The van der Waals surface area contributed by atoms with Gasteiger partial charge in [0.25, 0.3) is 0 Å². The van der Waals surface area contributed by atoms with Crippen LogP contribution in [-0.2, 0) is 19.1 Å². The van der Waals surface area contributed by atoms with E-state index in [0.717, 1.165) is 32.1 Å². The summed E-state index contributed by atoms with van der Waals surface area (Å²) in [6.07, 6.45) is 7.61. The number of carbonyl (C=O) groups excluding carboxylic acids is 2. The van der Waals surface area contributed by atoms with Gasteiger partial charge in [-0.05, 0) is 43.4 Å². The fourth-order valence-corrected chi connectivity index (χ4v) is 3.55. The van der Waals surface area contributed by atoms with Crippen molar-refractivity contribution in [2.75, 3.05) is 13.2 Å². The van der Waals surface area contributed by atoms with Gasteiger partial charge in [-0.25, -0.2) is 0 Å². The number of hydrogen-bond acceptors (Lipinski definition) is 4. The Hall–Kier alpha value is -1.06. The van der Waals surface area contributed by atoms with E-state index in [-0.39, 0.29) is 37.0 Å². The van der Waals surface area contributed by atoms with Crippen LogP contribution in [0.5, 0.6) is 0 Å². The van der Waals surface area contributed by atoms with Gasteiger partial charge < -0.3 is 9.47 Å². The second kappa shape index (κ2) is 7.47. The summed E-state index contributed by atoms with van der Waals surface area (Å²) in [6, 6.07) is 0. The molecule has 2 atom stereocenters. The maximum atomic E-state index is 12.1. The smallest absolute Gasteiger partial charge is 0.309 e. The highest BCUT2D eigenvalue weighted by molar-refractivity contribution is 5.73. The summed E-state index contributed by atoms with van der Waals surface area (Å²) in [5.41, 5.74) is 0.329. The second-order valence-electron chi connectivity index (χ2n) is 7.77. The van der Waals surface area contributed by atoms with Crippen molar-refractivity contribution in [3.63, 3.8) is 0 Å². The Balaban J connectivity index is 1.64. The molecule has 4 nitrogen and oxygen atoms in total. The van der Waals surface area contributed by atoms with Crippen molar-refractivity contribution < 1.29 is 19.1 Å². The van der Waals surface area contributed by atoms with Crippen molar-refractivity contribution in [3.8, 4) is 0 Å². The Morgan fingerprint density at radius 2 is 1.77 bits per heavy atom. The van der Waals surface area contributed by atoms with Crippen LogP contribution in [0.3, 0.4) is 0 Å². The van der Waals surface area contributed by atoms with Crippen LogP contribution in [0.25, 0.3) is 0 Å². The van der Waals surface area contributed by atoms with Crippen LogP contribution in [0.4, 0.5) is 0 Å². The molecule has 2 saturated carbocycles. The molecule has 2 aliphatic rings. The fraction of sp³-hybridized carbons (Fsp3) is 0.889. The van der Waals surface area contributed by atoms with E-state index in [1.54, 1.807) is 0 Å². The predicted octanol–water partition coefficient (Wildman–Crippen LogP) is 3.73. The van der Waals surface area contributed by atoms with Crippen LogP contribution in [0.1, 0.15) is 65.7 Å². The molecule has 0 amide bonds. The molecule has 0 heterocycles. The average molecular weight is 310 g/mol. The van der Waals surface area contributed by atoms with Crippen molar-refractivity contribution in [1.29, 1.82) is 0 Å². The molecular formula is C18H30O4. The minimum absolute atomic E-state index is 0.0677. The molecule has 4 heteroatoms. The molecule has 0 bridgehead atoms. The zero-order valence-electron chi connectivity index (χ0n) is 14.2. The number of hydrogen-bond donors (Lipinski definition) is 0. The monoisotopic (exact) mass is 310 g/mol. The lowest BCUT2D eigenvalue weighted by Gasteiger charge is -2.37. The van der Waals surface area contributed by atoms with Gasteiger partial charge in [-0.3, -0.25) is 9.59 Å². The van der Waals surface area contributed by atoms with Crippen LogP contribution in [-0.4, -0.2) is 25.2 Å². The Kier molecular flexibility index (Phi) is 5.87. The lowest BCUT2D eigenvalue weighted by Crippen LogP contribution is -2.32. The number of rotatable bonds is 6. The highest BCUT2D eigenvalue weighted by Crippen LogP contribution is 2.41. The third-order valence-electron chi connectivity index (χ3n) is 5.33. The van der Waals surface area contributed by atoms with E-state index < -0.39 is 0 Å². The lowest BCUT2D eigenvalue weighted by atomic mass is 9.68. The molecule has 0 aromatic rings. The molecule has 0 aliphatic heterocycles. The fourth-order valence-electron chi connectivity index (χ4n) is 3.55. The molecule has 2 aliphatic carbocycles. The van der Waals surface area contributed by atoms with Gasteiger partial charge >= 0.3 is 11.9 Å². The Morgan fingerprint density at radius 1 is 1.09 bits per heavy atom. The van der Waals surface area contributed by atoms with Gasteiger partial charge in [0, 0.05) is 0 Å². The van der Waals surface area contributed by atoms with E-state index in [1.807, 2.05) is 6.92 Å². The normalized spacial score (nSPS) is 25.9. The molecule has 0 saturated heterocycles. The SMILES string of the molecule is C[C@@H](C(=O)OCCOC(=O)C1CCC1)C1CCCC(C)(C)C1. The van der Waals surface area contributed by atoms with Crippen molar-refractivity contribution in [2.24, 2.45) is 23.2 Å². The van der Waals surface area contributed by atoms with Gasteiger partial charge in [0.05, 0.1) is 11.8 Å².